The van der Waals surface area contributed by atoms with Gasteiger partial charge in [0.15, 0.2) is 0 Å². The van der Waals surface area contributed by atoms with E-state index in [4.69, 9.17) is 9.72 Å². The molecular formula is C28H26N6O. The van der Waals surface area contributed by atoms with Crippen molar-refractivity contribution in [2.45, 2.75) is 6.92 Å². The van der Waals surface area contributed by atoms with Gasteiger partial charge < -0.3 is 19.9 Å². The Balaban J connectivity index is 1.29. The van der Waals surface area contributed by atoms with Gasteiger partial charge in [-0.1, -0.05) is 42.5 Å². The van der Waals surface area contributed by atoms with Crippen LogP contribution >= 0.6 is 0 Å². The molecule has 174 valence electrons. The van der Waals surface area contributed by atoms with Gasteiger partial charge >= 0.3 is 0 Å². The van der Waals surface area contributed by atoms with Crippen LogP contribution in [0.2, 0.25) is 0 Å². The van der Waals surface area contributed by atoms with Gasteiger partial charge in [-0.3, -0.25) is 0 Å². The molecule has 0 bridgehead atoms. The monoisotopic (exact) mass is 462 g/mol. The summed E-state index contributed by atoms with van der Waals surface area (Å²) in [5, 5.41) is 4.55. The quantitative estimate of drug-likeness (QED) is 0.355. The Morgan fingerprint density at radius 2 is 1.77 bits per heavy atom. The average Bonchev–Trinajstić information content (AvgIpc) is 3.41. The number of hydrogen-bond acceptors (Lipinski definition) is 6. The first-order valence-electron chi connectivity index (χ1n) is 11.8. The molecule has 0 aliphatic carbocycles. The van der Waals surface area contributed by atoms with Crippen LogP contribution in [0.4, 0.5) is 17.3 Å². The average molecular weight is 463 g/mol. The van der Waals surface area contributed by atoms with E-state index in [0.717, 1.165) is 69.5 Å². The Morgan fingerprint density at radius 1 is 0.914 bits per heavy atom. The first kappa shape index (κ1) is 21.3. The molecule has 1 saturated heterocycles. The smallest absolute Gasteiger partial charge is 0.226 e. The molecule has 7 nitrogen and oxygen atoms in total. The summed E-state index contributed by atoms with van der Waals surface area (Å²) in [5.41, 5.74) is 7.19. The van der Waals surface area contributed by atoms with Crippen LogP contribution in [0.25, 0.3) is 33.5 Å². The molecule has 6 rings (SSSR count). The molecule has 3 heterocycles. The van der Waals surface area contributed by atoms with Crippen molar-refractivity contribution >= 4 is 28.2 Å². The minimum atomic E-state index is 0.710. The predicted molar refractivity (Wildman–Crippen MR) is 140 cm³/mol. The van der Waals surface area contributed by atoms with Crippen LogP contribution in [0.3, 0.4) is 0 Å². The highest BCUT2D eigenvalue weighted by Crippen LogP contribution is 2.31. The summed E-state index contributed by atoms with van der Waals surface area (Å²) in [6.07, 6.45) is 3.79. The molecule has 2 N–H and O–H groups in total. The summed E-state index contributed by atoms with van der Waals surface area (Å²) < 4.78 is 5.45. The second-order valence-electron chi connectivity index (χ2n) is 8.67. The van der Waals surface area contributed by atoms with Crippen molar-refractivity contribution in [1.82, 2.24) is 19.9 Å². The van der Waals surface area contributed by atoms with Gasteiger partial charge in [0.2, 0.25) is 5.95 Å². The number of fused-ring (bicyclic) bond motifs is 1. The number of aryl methyl sites for hydroxylation is 1. The van der Waals surface area contributed by atoms with Crippen molar-refractivity contribution < 1.29 is 4.74 Å². The van der Waals surface area contributed by atoms with Gasteiger partial charge in [0.25, 0.3) is 0 Å². The molecule has 1 aliphatic rings. The molecule has 3 aromatic carbocycles. The van der Waals surface area contributed by atoms with E-state index in [1.165, 1.54) is 0 Å². The highest BCUT2D eigenvalue weighted by Gasteiger charge is 2.15. The van der Waals surface area contributed by atoms with E-state index in [1.54, 1.807) is 0 Å². The van der Waals surface area contributed by atoms with Gasteiger partial charge in [0.05, 0.1) is 30.6 Å². The van der Waals surface area contributed by atoms with E-state index in [-0.39, 0.29) is 0 Å². The minimum Gasteiger partial charge on any atom is -0.378 e. The number of nitrogens with one attached hydrogen (secondary N) is 2. The van der Waals surface area contributed by atoms with E-state index in [2.05, 4.69) is 68.5 Å². The zero-order valence-corrected chi connectivity index (χ0v) is 19.5. The van der Waals surface area contributed by atoms with Crippen molar-refractivity contribution in [3.05, 3.63) is 84.7 Å². The van der Waals surface area contributed by atoms with Gasteiger partial charge in [-0.15, -0.1) is 0 Å². The third kappa shape index (κ3) is 4.34. The molecule has 1 aliphatic heterocycles. The molecule has 2 aromatic heterocycles. The Bertz CT molecular complexity index is 1470. The lowest BCUT2D eigenvalue weighted by molar-refractivity contribution is 0.122. The molecule has 0 amide bonds. The highest BCUT2D eigenvalue weighted by molar-refractivity contribution is 5.93. The number of H-pyrrole nitrogens is 1. The van der Waals surface area contributed by atoms with E-state index >= 15 is 0 Å². The number of imidazole rings is 1. The van der Waals surface area contributed by atoms with Gasteiger partial charge in [-0.25, -0.2) is 15.0 Å². The molecule has 35 heavy (non-hydrogen) atoms. The zero-order valence-electron chi connectivity index (χ0n) is 19.5. The molecule has 0 unspecified atom stereocenters. The fourth-order valence-electron chi connectivity index (χ4n) is 4.40. The summed E-state index contributed by atoms with van der Waals surface area (Å²) in [4.78, 5) is 19.8. The third-order valence-electron chi connectivity index (χ3n) is 6.34. The summed E-state index contributed by atoms with van der Waals surface area (Å²) >= 11 is 0. The molecule has 1 fully saturated rings. The topological polar surface area (TPSA) is 79.0 Å². The van der Waals surface area contributed by atoms with E-state index in [0.29, 0.717) is 13.2 Å². The van der Waals surface area contributed by atoms with Crippen LogP contribution < -0.4 is 10.2 Å². The minimum absolute atomic E-state index is 0.710. The maximum absolute atomic E-state index is 5.45. The summed E-state index contributed by atoms with van der Waals surface area (Å²) in [6.45, 7) is 5.15. The van der Waals surface area contributed by atoms with Crippen LogP contribution in [-0.2, 0) is 4.74 Å². The number of nitrogens with zero attached hydrogens (tertiary/aromatic N) is 4. The maximum atomic E-state index is 5.45. The summed E-state index contributed by atoms with van der Waals surface area (Å²) in [7, 11) is 0. The Hall–Kier alpha value is -4.23. The number of rotatable bonds is 5. The number of hydrogen-bond donors (Lipinski definition) is 2. The molecule has 7 heteroatoms. The van der Waals surface area contributed by atoms with E-state index in [1.807, 2.05) is 42.7 Å². The van der Waals surface area contributed by atoms with Crippen molar-refractivity contribution in [3.8, 4) is 22.6 Å². The second-order valence-corrected chi connectivity index (χ2v) is 8.67. The predicted octanol–water partition coefficient (Wildman–Crippen LogP) is 5.58. The van der Waals surface area contributed by atoms with Gasteiger partial charge in [-0.05, 0) is 42.3 Å². The number of aromatic amines is 1. The van der Waals surface area contributed by atoms with Crippen molar-refractivity contribution in [2.75, 3.05) is 36.5 Å². The Kier molecular flexibility index (Phi) is 5.60. The molecule has 0 atom stereocenters. The van der Waals surface area contributed by atoms with Crippen molar-refractivity contribution in [1.29, 1.82) is 0 Å². The lowest BCUT2D eigenvalue weighted by atomic mass is 10.1. The van der Waals surface area contributed by atoms with Gasteiger partial charge in [0, 0.05) is 41.6 Å². The van der Waals surface area contributed by atoms with Crippen molar-refractivity contribution in [3.63, 3.8) is 0 Å². The van der Waals surface area contributed by atoms with Crippen LogP contribution in [0.1, 0.15) is 5.56 Å². The second kappa shape index (κ2) is 9.19. The normalized spacial score (nSPS) is 13.8. The molecule has 0 spiro atoms. The van der Waals surface area contributed by atoms with Gasteiger partial charge in [-0.2, -0.15) is 0 Å². The zero-order chi connectivity index (χ0) is 23.6. The molecular weight excluding hydrogens is 436 g/mol. The lowest BCUT2D eigenvalue weighted by Crippen LogP contribution is -2.37. The standard InChI is InChI=1S/C28H26N6O/c1-19-10-11-21(16-22(19)27-29-18-26(32-27)20-6-3-2-4-7-20)31-24-8-5-9-25-23(24)17-30-28(33-25)34-12-14-35-15-13-34/h2-11,16-18,31H,12-15H2,1H3,(H,29,32). The van der Waals surface area contributed by atoms with Crippen LogP contribution in [0.15, 0.2) is 79.1 Å². The van der Waals surface area contributed by atoms with Crippen LogP contribution in [-0.4, -0.2) is 46.2 Å². The first-order chi connectivity index (χ1) is 17.2. The number of morpholine rings is 1. The SMILES string of the molecule is Cc1ccc(Nc2cccc3nc(N4CCOCC4)ncc23)cc1-c1ncc(-c2ccccc2)[nH]1. The molecule has 0 saturated carbocycles. The third-order valence-corrected chi connectivity index (χ3v) is 6.34. The number of anilines is 3. The molecule has 0 radical (unpaired) electrons. The fourth-order valence-corrected chi connectivity index (χ4v) is 4.40. The number of aromatic nitrogens is 4. The summed E-state index contributed by atoms with van der Waals surface area (Å²) in [6, 6.07) is 22.7. The lowest BCUT2D eigenvalue weighted by Gasteiger charge is -2.26. The summed E-state index contributed by atoms with van der Waals surface area (Å²) in [5.74, 6) is 1.60. The maximum Gasteiger partial charge on any atom is 0.226 e. The number of benzene rings is 3. The van der Waals surface area contributed by atoms with Crippen molar-refractivity contribution in [2.24, 2.45) is 0 Å². The highest BCUT2D eigenvalue weighted by atomic mass is 16.5. The fraction of sp³-hybridized carbons (Fsp3) is 0.179. The van der Waals surface area contributed by atoms with Gasteiger partial charge in [0.1, 0.15) is 5.82 Å². The van der Waals surface area contributed by atoms with E-state index in [9.17, 15) is 0 Å². The first-order valence-corrected chi connectivity index (χ1v) is 11.8. The van der Waals surface area contributed by atoms with Crippen LogP contribution in [0.5, 0.6) is 0 Å². The molecule has 5 aromatic rings. The number of ether oxygens (including phenoxy) is 1. The van der Waals surface area contributed by atoms with Crippen LogP contribution in [0, 0.1) is 6.92 Å². The Labute approximate surface area is 203 Å². The Morgan fingerprint density at radius 3 is 2.63 bits per heavy atom. The van der Waals surface area contributed by atoms with E-state index < -0.39 is 0 Å². The largest absolute Gasteiger partial charge is 0.378 e.